The highest BCUT2D eigenvalue weighted by molar-refractivity contribution is 5.77. The maximum atomic E-state index is 5.85. The zero-order valence-corrected chi connectivity index (χ0v) is 11.8. The summed E-state index contributed by atoms with van der Waals surface area (Å²) in [6, 6.07) is 7.69. The minimum atomic E-state index is 0.0336. The molecule has 20 heavy (non-hydrogen) atoms. The summed E-state index contributed by atoms with van der Waals surface area (Å²) in [5, 5.41) is 3.06. The standard InChI is InChI=1S/C15H21N3O2/c1-11(2)9-18-15(16)17-8-7-12-10-19-13-5-3-4-6-14(13)20-12/h3-6,12H,1,7-10H2,2H3,(H3,16,17,18). The van der Waals surface area contributed by atoms with Gasteiger partial charge in [-0.05, 0) is 19.1 Å². The first-order chi connectivity index (χ1) is 9.65. The molecule has 0 radical (unpaired) electrons. The molecule has 1 atom stereocenters. The maximum Gasteiger partial charge on any atom is 0.188 e. The van der Waals surface area contributed by atoms with Gasteiger partial charge in [-0.15, -0.1) is 0 Å². The van der Waals surface area contributed by atoms with Gasteiger partial charge < -0.3 is 20.5 Å². The summed E-state index contributed by atoms with van der Waals surface area (Å²) in [6.07, 6.45) is 0.837. The summed E-state index contributed by atoms with van der Waals surface area (Å²) in [6.45, 7) is 7.50. The van der Waals surface area contributed by atoms with Crippen LogP contribution in [-0.4, -0.2) is 31.8 Å². The molecule has 1 aliphatic rings. The van der Waals surface area contributed by atoms with E-state index in [0.717, 1.165) is 23.5 Å². The molecule has 1 aromatic rings. The first kappa shape index (κ1) is 14.2. The Bertz CT molecular complexity index is 500. The van der Waals surface area contributed by atoms with Crippen LogP contribution < -0.4 is 20.5 Å². The van der Waals surface area contributed by atoms with Crippen LogP contribution in [0.1, 0.15) is 13.3 Å². The second kappa shape index (κ2) is 6.84. The third kappa shape index (κ3) is 4.19. The van der Waals surface area contributed by atoms with Crippen LogP contribution in [0.3, 0.4) is 0 Å². The Morgan fingerprint density at radius 1 is 1.45 bits per heavy atom. The monoisotopic (exact) mass is 275 g/mol. The fraction of sp³-hybridized carbons (Fsp3) is 0.400. The summed E-state index contributed by atoms with van der Waals surface area (Å²) in [5.74, 6) is 2.04. The van der Waals surface area contributed by atoms with Gasteiger partial charge >= 0.3 is 0 Å². The lowest BCUT2D eigenvalue weighted by Crippen LogP contribution is -2.37. The Hall–Kier alpha value is -2.17. The molecular weight excluding hydrogens is 254 g/mol. The molecule has 5 nitrogen and oxygen atoms in total. The molecule has 1 unspecified atom stereocenters. The molecule has 0 aromatic heterocycles. The van der Waals surface area contributed by atoms with Crippen molar-refractivity contribution < 1.29 is 9.47 Å². The average Bonchev–Trinajstić information content (AvgIpc) is 2.45. The van der Waals surface area contributed by atoms with E-state index in [4.69, 9.17) is 15.2 Å². The number of guanidine groups is 1. The summed E-state index contributed by atoms with van der Waals surface area (Å²) < 4.78 is 11.5. The zero-order chi connectivity index (χ0) is 14.4. The van der Waals surface area contributed by atoms with E-state index in [1.165, 1.54) is 0 Å². The number of hydrogen-bond donors (Lipinski definition) is 2. The van der Waals surface area contributed by atoms with E-state index in [1.807, 2.05) is 31.2 Å². The lowest BCUT2D eigenvalue weighted by Gasteiger charge is -2.26. The first-order valence-electron chi connectivity index (χ1n) is 6.72. The van der Waals surface area contributed by atoms with E-state index in [-0.39, 0.29) is 6.10 Å². The van der Waals surface area contributed by atoms with Crippen molar-refractivity contribution in [2.24, 2.45) is 10.7 Å². The number of fused-ring (bicyclic) bond motifs is 1. The molecule has 1 aromatic carbocycles. The Morgan fingerprint density at radius 3 is 2.95 bits per heavy atom. The van der Waals surface area contributed by atoms with Gasteiger partial charge in [-0.3, -0.25) is 0 Å². The van der Waals surface area contributed by atoms with Crippen LogP contribution in [0, 0.1) is 0 Å². The quantitative estimate of drug-likeness (QED) is 0.487. The van der Waals surface area contributed by atoms with Gasteiger partial charge in [0.05, 0.1) is 6.54 Å². The minimum Gasteiger partial charge on any atom is -0.486 e. The van der Waals surface area contributed by atoms with Crippen molar-refractivity contribution in [3.8, 4) is 11.5 Å². The van der Waals surface area contributed by atoms with Gasteiger partial charge in [0.2, 0.25) is 0 Å². The summed E-state index contributed by atoms with van der Waals surface area (Å²) in [5.41, 5.74) is 6.72. The average molecular weight is 275 g/mol. The number of nitrogens with zero attached hydrogens (tertiary/aromatic N) is 1. The first-order valence-corrected chi connectivity index (χ1v) is 6.72. The van der Waals surface area contributed by atoms with Crippen molar-refractivity contribution in [1.82, 2.24) is 5.32 Å². The number of rotatable bonds is 5. The Morgan fingerprint density at radius 2 is 2.20 bits per heavy atom. The number of aliphatic imine (C=N–C) groups is 1. The largest absolute Gasteiger partial charge is 0.486 e. The van der Waals surface area contributed by atoms with Crippen molar-refractivity contribution >= 4 is 5.96 Å². The lowest BCUT2D eigenvalue weighted by molar-refractivity contribution is 0.0858. The molecule has 0 fully saturated rings. The maximum absolute atomic E-state index is 5.85. The second-order valence-corrected chi connectivity index (χ2v) is 4.87. The van der Waals surface area contributed by atoms with E-state index in [2.05, 4.69) is 16.9 Å². The predicted molar refractivity (Wildman–Crippen MR) is 80.3 cm³/mol. The van der Waals surface area contributed by atoms with Gasteiger partial charge in [-0.1, -0.05) is 24.3 Å². The van der Waals surface area contributed by atoms with Crippen LogP contribution >= 0.6 is 0 Å². The van der Waals surface area contributed by atoms with Crippen molar-refractivity contribution in [3.05, 3.63) is 36.4 Å². The summed E-state index contributed by atoms with van der Waals surface area (Å²) in [4.78, 5) is 4.15. The van der Waals surface area contributed by atoms with E-state index < -0.39 is 0 Å². The van der Waals surface area contributed by atoms with Crippen molar-refractivity contribution in [2.45, 2.75) is 19.4 Å². The SMILES string of the molecule is C=C(C)CN=C(N)NCCC1COc2ccccc2O1. The molecule has 1 aliphatic heterocycles. The molecule has 108 valence electrons. The minimum absolute atomic E-state index is 0.0336. The number of nitrogens with one attached hydrogen (secondary N) is 1. The van der Waals surface area contributed by atoms with Crippen LogP contribution in [0.25, 0.3) is 0 Å². The number of ether oxygens (including phenoxy) is 2. The molecule has 0 aliphatic carbocycles. The molecular formula is C15H21N3O2. The third-order valence-electron chi connectivity index (χ3n) is 2.86. The number of nitrogens with two attached hydrogens (primary N) is 1. The Balaban J connectivity index is 1.74. The fourth-order valence-electron chi connectivity index (χ4n) is 1.84. The normalized spacial score (nSPS) is 17.6. The smallest absolute Gasteiger partial charge is 0.188 e. The molecule has 1 heterocycles. The summed E-state index contributed by atoms with van der Waals surface area (Å²) in [7, 11) is 0. The third-order valence-corrected chi connectivity index (χ3v) is 2.86. The van der Waals surface area contributed by atoms with Gasteiger partial charge in [0, 0.05) is 13.0 Å². The van der Waals surface area contributed by atoms with E-state index in [9.17, 15) is 0 Å². The van der Waals surface area contributed by atoms with Gasteiger partial charge in [0.25, 0.3) is 0 Å². The molecule has 0 bridgehead atoms. The van der Waals surface area contributed by atoms with E-state index >= 15 is 0 Å². The van der Waals surface area contributed by atoms with Gasteiger partial charge in [0.15, 0.2) is 17.5 Å². The van der Waals surface area contributed by atoms with Crippen LogP contribution in [0.5, 0.6) is 11.5 Å². The Labute approximate surface area is 119 Å². The molecule has 3 N–H and O–H groups in total. The predicted octanol–water partition coefficient (Wildman–Crippen LogP) is 1.70. The van der Waals surface area contributed by atoms with Crippen molar-refractivity contribution in [3.63, 3.8) is 0 Å². The van der Waals surface area contributed by atoms with E-state index in [1.54, 1.807) is 0 Å². The lowest BCUT2D eigenvalue weighted by atomic mass is 10.2. The number of para-hydroxylation sites is 2. The molecule has 2 rings (SSSR count). The van der Waals surface area contributed by atoms with E-state index in [0.29, 0.717) is 25.7 Å². The molecule has 0 amide bonds. The summed E-state index contributed by atoms with van der Waals surface area (Å²) >= 11 is 0. The van der Waals surface area contributed by atoms with Crippen LogP contribution in [0.15, 0.2) is 41.4 Å². The van der Waals surface area contributed by atoms with Crippen LogP contribution in [-0.2, 0) is 0 Å². The van der Waals surface area contributed by atoms with Gasteiger partial charge in [-0.2, -0.15) is 0 Å². The Kier molecular flexibility index (Phi) is 4.87. The van der Waals surface area contributed by atoms with Gasteiger partial charge in [-0.25, -0.2) is 4.99 Å². The second-order valence-electron chi connectivity index (χ2n) is 4.87. The molecule has 0 spiro atoms. The molecule has 0 saturated heterocycles. The van der Waals surface area contributed by atoms with Crippen LogP contribution in [0.4, 0.5) is 0 Å². The number of benzene rings is 1. The zero-order valence-electron chi connectivity index (χ0n) is 11.8. The van der Waals surface area contributed by atoms with Gasteiger partial charge in [0.1, 0.15) is 12.7 Å². The fourth-order valence-corrected chi connectivity index (χ4v) is 1.84. The van der Waals surface area contributed by atoms with Crippen molar-refractivity contribution in [2.75, 3.05) is 19.7 Å². The molecule has 0 saturated carbocycles. The molecule has 5 heteroatoms. The highest BCUT2D eigenvalue weighted by atomic mass is 16.6. The number of hydrogen-bond acceptors (Lipinski definition) is 3. The topological polar surface area (TPSA) is 68.9 Å². The highest BCUT2D eigenvalue weighted by Crippen LogP contribution is 2.31. The highest BCUT2D eigenvalue weighted by Gasteiger charge is 2.19. The van der Waals surface area contributed by atoms with Crippen molar-refractivity contribution in [1.29, 1.82) is 0 Å². The van der Waals surface area contributed by atoms with Crippen LogP contribution in [0.2, 0.25) is 0 Å².